The summed E-state index contributed by atoms with van der Waals surface area (Å²) in [6, 6.07) is 6.03. The lowest BCUT2D eigenvalue weighted by Gasteiger charge is -2.33. The number of amides is 2. The van der Waals surface area contributed by atoms with Gasteiger partial charge >= 0.3 is 6.18 Å². The van der Waals surface area contributed by atoms with Crippen molar-refractivity contribution in [1.82, 2.24) is 20.4 Å². The molecule has 1 fully saturated rings. The molecule has 0 bridgehead atoms. The molecule has 1 aliphatic rings. The summed E-state index contributed by atoms with van der Waals surface area (Å²) < 4.78 is 67.5. The molecule has 232 valence electrons. The number of rotatable bonds is 11. The Balaban J connectivity index is 1.79. The van der Waals surface area contributed by atoms with E-state index in [-0.39, 0.29) is 68.8 Å². The van der Waals surface area contributed by atoms with E-state index < -0.39 is 27.5 Å². The highest BCUT2D eigenvalue weighted by molar-refractivity contribution is 7.91. The molecule has 2 aromatic carbocycles. The molecule has 2 aromatic rings. The third kappa shape index (κ3) is 9.06. The van der Waals surface area contributed by atoms with E-state index in [1.54, 1.807) is 4.90 Å². The Kier molecular flexibility index (Phi) is 11.7. The lowest BCUT2D eigenvalue weighted by atomic mass is 9.95. The molecule has 1 saturated heterocycles. The average Bonchev–Trinajstić information content (AvgIpc) is 2.91. The van der Waals surface area contributed by atoms with Crippen molar-refractivity contribution in [2.24, 2.45) is 5.92 Å². The van der Waals surface area contributed by atoms with Crippen LogP contribution in [0, 0.1) is 5.92 Å². The predicted molar refractivity (Wildman–Crippen MR) is 156 cm³/mol. The van der Waals surface area contributed by atoms with Gasteiger partial charge in [-0.1, -0.05) is 30.1 Å². The fourth-order valence-corrected chi connectivity index (χ4v) is 6.38. The highest BCUT2D eigenvalue weighted by atomic mass is 35.5. The average molecular weight is 652 g/mol. The van der Waals surface area contributed by atoms with Gasteiger partial charge in [-0.15, -0.1) is 0 Å². The number of hydrogen-bond acceptors (Lipinski definition) is 6. The molecule has 0 spiro atoms. The maximum atomic E-state index is 14.2. The standard InChI is InChI=1S/C28H35Cl2F3N4O4S/c1-4-42(40,41)25-8-7-21(29)12-20(25)15-35-27(39)19-13-23(28(31,32)33)22(24(30)14-19)17-37-10-5-6-18(16-37)26(38)34-9-11-36(2)3/h7-8,12-14,18H,4-6,9-11,15-17H2,1-3H3,(H,34,38)(H,35,39)/t18-/m0/s1. The molecule has 2 N–H and O–H groups in total. The van der Waals surface area contributed by atoms with Crippen LogP contribution in [-0.4, -0.2) is 76.1 Å². The second-order valence-corrected chi connectivity index (χ2v) is 13.6. The zero-order valence-electron chi connectivity index (χ0n) is 23.7. The molecule has 1 heterocycles. The van der Waals surface area contributed by atoms with Gasteiger partial charge < -0.3 is 15.5 Å². The van der Waals surface area contributed by atoms with Gasteiger partial charge in [0.15, 0.2) is 9.84 Å². The maximum Gasteiger partial charge on any atom is 0.416 e. The van der Waals surface area contributed by atoms with Crippen LogP contribution in [0.5, 0.6) is 0 Å². The number of nitrogens with zero attached hydrogens (tertiary/aromatic N) is 2. The zero-order chi connectivity index (χ0) is 31.2. The number of piperidine rings is 1. The van der Waals surface area contributed by atoms with E-state index in [9.17, 15) is 31.2 Å². The summed E-state index contributed by atoms with van der Waals surface area (Å²) in [6.07, 6.45) is -3.52. The number of carbonyl (C=O) groups excluding carboxylic acids is 2. The molecule has 3 rings (SSSR count). The van der Waals surface area contributed by atoms with Gasteiger partial charge in [0.2, 0.25) is 5.91 Å². The van der Waals surface area contributed by atoms with Crippen LogP contribution in [-0.2, 0) is 33.9 Å². The number of benzene rings is 2. The van der Waals surface area contributed by atoms with Gasteiger partial charge in [-0.3, -0.25) is 14.5 Å². The van der Waals surface area contributed by atoms with Crippen LogP contribution in [0.2, 0.25) is 10.0 Å². The number of sulfone groups is 1. The quantitative estimate of drug-likeness (QED) is 0.368. The number of nitrogens with one attached hydrogen (secondary N) is 2. The lowest BCUT2D eigenvalue weighted by molar-refractivity contribution is -0.138. The van der Waals surface area contributed by atoms with E-state index in [1.807, 2.05) is 19.0 Å². The molecular weight excluding hydrogens is 616 g/mol. The van der Waals surface area contributed by atoms with Gasteiger partial charge in [-0.25, -0.2) is 8.42 Å². The Morgan fingerprint density at radius 2 is 1.83 bits per heavy atom. The van der Waals surface area contributed by atoms with Crippen LogP contribution in [0.15, 0.2) is 35.2 Å². The van der Waals surface area contributed by atoms with Gasteiger partial charge in [0, 0.05) is 48.3 Å². The van der Waals surface area contributed by atoms with Crippen molar-refractivity contribution in [1.29, 1.82) is 0 Å². The summed E-state index contributed by atoms with van der Waals surface area (Å²) in [6.45, 7) is 2.98. The van der Waals surface area contributed by atoms with Gasteiger partial charge in [0.25, 0.3) is 5.91 Å². The lowest BCUT2D eigenvalue weighted by Crippen LogP contribution is -2.44. The number of alkyl halides is 3. The number of likely N-dealkylation sites (tertiary alicyclic amines) is 1. The molecule has 0 saturated carbocycles. The first-order chi connectivity index (χ1) is 19.6. The molecular formula is C28H35Cl2F3N4O4S. The Morgan fingerprint density at radius 3 is 2.48 bits per heavy atom. The van der Waals surface area contributed by atoms with Crippen molar-refractivity contribution in [2.45, 2.75) is 43.9 Å². The molecule has 0 aromatic heterocycles. The molecule has 2 amide bonds. The topological polar surface area (TPSA) is 98.8 Å². The van der Waals surface area contributed by atoms with Crippen LogP contribution >= 0.6 is 23.2 Å². The SMILES string of the molecule is CCS(=O)(=O)c1ccc(Cl)cc1CNC(=O)c1cc(Cl)c(CN2CCC[C@H](C(=O)NCCN(C)C)C2)c(C(F)(F)F)c1. The van der Waals surface area contributed by atoms with E-state index in [2.05, 4.69) is 10.6 Å². The van der Waals surface area contributed by atoms with E-state index in [1.165, 1.54) is 31.2 Å². The summed E-state index contributed by atoms with van der Waals surface area (Å²) in [5.41, 5.74) is -1.34. The maximum absolute atomic E-state index is 14.2. The molecule has 1 atom stereocenters. The summed E-state index contributed by atoms with van der Waals surface area (Å²) in [4.78, 5) is 29.2. The van der Waals surface area contributed by atoms with Crippen molar-refractivity contribution < 1.29 is 31.2 Å². The van der Waals surface area contributed by atoms with Crippen molar-refractivity contribution in [2.75, 3.05) is 46.0 Å². The van der Waals surface area contributed by atoms with Crippen molar-refractivity contribution >= 4 is 44.9 Å². The first kappa shape index (κ1) is 34.1. The summed E-state index contributed by atoms with van der Waals surface area (Å²) in [5.74, 6) is -1.53. The van der Waals surface area contributed by atoms with Crippen molar-refractivity contribution in [3.8, 4) is 0 Å². The first-order valence-electron chi connectivity index (χ1n) is 13.5. The highest BCUT2D eigenvalue weighted by Gasteiger charge is 2.37. The third-order valence-electron chi connectivity index (χ3n) is 7.06. The summed E-state index contributed by atoms with van der Waals surface area (Å²) >= 11 is 12.4. The number of likely N-dealkylation sites (N-methyl/N-ethyl adjacent to an activating group) is 1. The Hall–Kier alpha value is -2.38. The highest BCUT2D eigenvalue weighted by Crippen LogP contribution is 2.37. The van der Waals surface area contributed by atoms with Crippen molar-refractivity contribution in [3.05, 3.63) is 62.6 Å². The Bertz CT molecular complexity index is 1400. The van der Waals surface area contributed by atoms with E-state index in [4.69, 9.17) is 23.2 Å². The molecule has 42 heavy (non-hydrogen) atoms. The van der Waals surface area contributed by atoms with Gasteiger partial charge in [0.1, 0.15) is 0 Å². The second kappa shape index (κ2) is 14.4. The smallest absolute Gasteiger partial charge is 0.355 e. The van der Waals surface area contributed by atoms with Crippen LogP contribution in [0.4, 0.5) is 13.2 Å². The van der Waals surface area contributed by atoms with Crippen LogP contribution in [0.1, 0.15) is 46.8 Å². The predicted octanol–water partition coefficient (Wildman–Crippen LogP) is 4.63. The minimum absolute atomic E-state index is 0.0229. The molecule has 8 nitrogen and oxygen atoms in total. The first-order valence-corrected chi connectivity index (χ1v) is 15.9. The zero-order valence-corrected chi connectivity index (χ0v) is 26.0. The molecule has 0 aliphatic carbocycles. The minimum atomic E-state index is -4.80. The fraction of sp³-hybridized carbons (Fsp3) is 0.500. The monoisotopic (exact) mass is 650 g/mol. The largest absolute Gasteiger partial charge is 0.416 e. The number of halogens is 5. The van der Waals surface area contributed by atoms with Crippen LogP contribution in [0.3, 0.4) is 0 Å². The van der Waals surface area contributed by atoms with Crippen LogP contribution in [0.25, 0.3) is 0 Å². The summed E-state index contributed by atoms with van der Waals surface area (Å²) in [7, 11) is 0.139. The fourth-order valence-electron chi connectivity index (χ4n) is 4.79. The van der Waals surface area contributed by atoms with E-state index in [0.717, 1.165) is 6.07 Å². The summed E-state index contributed by atoms with van der Waals surface area (Å²) in [5, 5.41) is 5.37. The van der Waals surface area contributed by atoms with Crippen LogP contribution < -0.4 is 10.6 Å². The van der Waals surface area contributed by atoms with Gasteiger partial charge in [0.05, 0.1) is 22.1 Å². The number of carbonyl (C=O) groups is 2. The minimum Gasteiger partial charge on any atom is -0.355 e. The Morgan fingerprint density at radius 1 is 1.12 bits per heavy atom. The van der Waals surface area contributed by atoms with E-state index in [0.29, 0.717) is 32.5 Å². The third-order valence-corrected chi connectivity index (χ3v) is 9.46. The Labute approximate surface area is 254 Å². The molecule has 1 aliphatic heterocycles. The van der Waals surface area contributed by atoms with Gasteiger partial charge in [-0.2, -0.15) is 13.2 Å². The molecule has 14 heteroatoms. The number of hydrogen-bond donors (Lipinski definition) is 2. The van der Waals surface area contributed by atoms with Gasteiger partial charge in [-0.05, 0) is 74.9 Å². The molecule has 0 unspecified atom stereocenters. The normalized spacial score (nSPS) is 16.5. The second-order valence-electron chi connectivity index (χ2n) is 10.5. The van der Waals surface area contributed by atoms with Crippen molar-refractivity contribution in [3.63, 3.8) is 0 Å². The van der Waals surface area contributed by atoms with E-state index >= 15 is 0 Å². The molecule has 0 radical (unpaired) electrons.